The summed E-state index contributed by atoms with van der Waals surface area (Å²) in [6.45, 7) is 8.65. The standard InChI is InChI=1S/C16H24N2OS/c1-12(2)13-7-8-18(11-13)9-10-19-15-6-4-3-5-14(15)16(17)20/h3-6,12-13H,7-11H2,1-2H3,(H2,17,20). The summed E-state index contributed by atoms with van der Waals surface area (Å²) in [5, 5.41) is 0. The van der Waals surface area contributed by atoms with Crippen molar-refractivity contribution in [2.24, 2.45) is 17.6 Å². The maximum Gasteiger partial charge on any atom is 0.129 e. The van der Waals surface area contributed by atoms with Crippen molar-refractivity contribution in [2.45, 2.75) is 20.3 Å². The fourth-order valence-electron chi connectivity index (χ4n) is 2.69. The number of nitrogens with zero attached hydrogens (tertiary/aromatic N) is 1. The minimum Gasteiger partial charge on any atom is -0.492 e. The molecule has 1 unspecified atom stereocenters. The molecule has 0 amide bonds. The number of benzene rings is 1. The van der Waals surface area contributed by atoms with Crippen LogP contribution in [0, 0.1) is 11.8 Å². The molecule has 1 atom stereocenters. The number of para-hydroxylation sites is 1. The first-order valence-electron chi connectivity index (χ1n) is 7.32. The second-order valence-corrected chi connectivity index (χ2v) is 6.24. The first-order chi connectivity index (χ1) is 9.58. The summed E-state index contributed by atoms with van der Waals surface area (Å²) in [5.41, 5.74) is 6.52. The van der Waals surface area contributed by atoms with Crippen molar-refractivity contribution in [1.29, 1.82) is 0 Å². The number of likely N-dealkylation sites (tertiary alicyclic amines) is 1. The van der Waals surface area contributed by atoms with E-state index in [1.54, 1.807) is 0 Å². The molecule has 20 heavy (non-hydrogen) atoms. The minimum atomic E-state index is 0.390. The Kier molecular flexibility index (Phi) is 5.38. The first kappa shape index (κ1) is 15.3. The van der Waals surface area contributed by atoms with Crippen molar-refractivity contribution < 1.29 is 4.74 Å². The molecule has 1 aromatic carbocycles. The van der Waals surface area contributed by atoms with E-state index in [0.717, 1.165) is 29.7 Å². The zero-order chi connectivity index (χ0) is 14.5. The second kappa shape index (κ2) is 7.04. The third-order valence-corrected chi connectivity index (χ3v) is 4.29. The van der Waals surface area contributed by atoms with E-state index in [1.807, 2.05) is 24.3 Å². The lowest BCUT2D eigenvalue weighted by Gasteiger charge is -2.18. The van der Waals surface area contributed by atoms with E-state index in [0.29, 0.717) is 11.6 Å². The van der Waals surface area contributed by atoms with Crippen LogP contribution < -0.4 is 10.5 Å². The smallest absolute Gasteiger partial charge is 0.129 e. The highest BCUT2D eigenvalue weighted by Crippen LogP contribution is 2.23. The van der Waals surface area contributed by atoms with Crippen LogP contribution in [-0.4, -0.2) is 36.1 Å². The molecular formula is C16H24N2OS. The molecule has 0 spiro atoms. The number of hydrogen-bond acceptors (Lipinski definition) is 3. The van der Waals surface area contributed by atoms with Gasteiger partial charge >= 0.3 is 0 Å². The topological polar surface area (TPSA) is 38.5 Å². The predicted octanol–water partition coefficient (Wildman–Crippen LogP) is 2.68. The highest BCUT2D eigenvalue weighted by atomic mass is 32.1. The van der Waals surface area contributed by atoms with Crippen molar-refractivity contribution in [2.75, 3.05) is 26.2 Å². The molecule has 0 aliphatic carbocycles. The van der Waals surface area contributed by atoms with Crippen molar-refractivity contribution in [3.8, 4) is 5.75 Å². The van der Waals surface area contributed by atoms with E-state index in [4.69, 9.17) is 22.7 Å². The molecule has 2 rings (SSSR count). The highest BCUT2D eigenvalue weighted by Gasteiger charge is 2.24. The Hall–Kier alpha value is -1.13. The molecule has 1 aromatic rings. The summed E-state index contributed by atoms with van der Waals surface area (Å²) >= 11 is 5.04. The van der Waals surface area contributed by atoms with Crippen molar-refractivity contribution in [3.05, 3.63) is 29.8 Å². The van der Waals surface area contributed by atoms with Gasteiger partial charge in [0.05, 0.1) is 5.56 Å². The van der Waals surface area contributed by atoms with Crippen LogP contribution in [0.15, 0.2) is 24.3 Å². The van der Waals surface area contributed by atoms with E-state index in [2.05, 4.69) is 18.7 Å². The van der Waals surface area contributed by atoms with Crippen LogP contribution in [-0.2, 0) is 0 Å². The molecule has 0 aromatic heterocycles. The van der Waals surface area contributed by atoms with Gasteiger partial charge in [0, 0.05) is 13.1 Å². The van der Waals surface area contributed by atoms with Crippen LogP contribution in [0.25, 0.3) is 0 Å². The van der Waals surface area contributed by atoms with Gasteiger partial charge in [0.2, 0.25) is 0 Å². The normalized spacial score (nSPS) is 19.4. The third-order valence-electron chi connectivity index (χ3n) is 4.07. The molecule has 0 radical (unpaired) electrons. The first-order valence-corrected chi connectivity index (χ1v) is 7.72. The average Bonchev–Trinajstić information content (AvgIpc) is 2.88. The van der Waals surface area contributed by atoms with Crippen LogP contribution in [0.3, 0.4) is 0 Å². The van der Waals surface area contributed by atoms with Gasteiger partial charge < -0.3 is 10.5 Å². The molecule has 4 heteroatoms. The van der Waals surface area contributed by atoms with E-state index in [9.17, 15) is 0 Å². The molecule has 3 nitrogen and oxygen atoms in total. The maximum atomic E-state index is 5.85. The third kappa shape index (κ3) is 3.93. The van der Waals surface area contributed by atoms with Gasteiger partial charge in [-0.2, -0.15) is 0 Å². The van der Waals surface area contributed by atoms with E-state index in [1.165, 1.54) is 19.5 Å². The second-order valence-electron chi connectivity index (χ2n) is 5.80. The average molecular weight is 292 g/mol. The van der Waals surface area contributed by atoms with Crippen LogP contribution in [0.4, 0.5) is 0 Å². The quantitative estimate of drug-likeness (QED) is 0.818. The molecule has 1 heterocycles. The zero-order valence-electron chi connectivity index (χ0n) is 12.3. The summed E-state index contributed by atoms with van der Waals surface area (Å²) < 4.78 is 5.85. The lowest BCUT2D eigenvalue weighted by molar-refractivity contribution is 0.227. The van der Waals surface area contributed by atoms with Gasteiger partial charge in [0.15, 0.2) is 0 Å². The number of thiocarbonyl (C=S) groups is 1. The fraction of sp³-hybridized carbons (Fsp3) is 0.562. The summed E-state index contributed by atoms with van der Waals surface area (Å²) in [6.07, 6.45) is 1.31. The Morgan fingerprint density at radius 2 is 2.20 bits per heavy atom. The maximum absolute atomic E-state index is 5.85. The van der Waals surface area contributed by atoms with E-state index < -0.39 is 0 Å². The van der Waals surface area contributed by atoms with Gasteiger partial charge in [-0.25, -0.2) is 0 Å². The van der Waals surface area contributed by atoms with Crippen LogP contribution in [0.5, 0.6) is 5.75 Å². The molecule has 1 saturated heterocycles. The largest absolute Gasteiger partial charge is 0.492 e. The molecule has 110 valence electrons. The monoisotopic (exact) mass is 292 g/mol. The Morgan fingerprint density at radius 3 is 2.85 bits per heavy atom. The molecule has 0 saturated carbocycles. The lowest BCUT2D eigenvalue weighted by atomic mass is 9.95. The van der Waals surface area contributed by atoms with Crippen molar-refractivity contribution >= 4 is 17.2 Å². The SMILES string of the molecule is CC(C)C1CCN(CCOc2ccccc2C(N)=S)C1. The number of hydrogen-bond donors (Lipinski definition) is 1. The Bertz CT molecular complexity index is 462. The van der Waals surface area contributed by atoms with Crippen LogP contribution in [0.1, 0.15) is 25.8 Å². The Balaban J connectivity index is 1.81. The molecular weight excluding hydrogens is 268 g/mol. The predicted molar refractivity (Wildman–Crippen MR) is 87.2 cm³/mol. The Labute approximate surface area is 127 Å². The van der Waals surface area contributed by atoms with Gasteiger partial charge in [0.1, 0.15) is 17.3 Å². The Morgan fingerprint density at radius 1 is 1.45 bits per heavy atom. The summed E-state index contributed by atoms with van der Waals surface area (Å²) in [5.74, 6) is 2.40. The van der Waals surface area contributed by atoms with E-state index >= 15 is 0 Å². The van der Waals surface area contributed by atoms with Gasteiger partial charge in [-0.3, -0.25) is 4.90 Å². The lowest BCUT2D eigenvalue weighted by Crippen LogP contribution is -2.27. The fourth-order valence-corrected chi connectivity index (χ4v) is 2.86. The summed E-state index contributed by atoms with van der Waals surface area (Å²) in [7, 11) is 0. The van der Waals surface area contributed by atoms with Crippen LogP contribution >= 0.6 is 12.2 Å². The van der Waals surface area contributed by atoms with Gasteiger partial charge in [0.25, 0.3) is 0 Å². The summed E-state index contributed by atoms with van der Waals surface area (Å²) in [6, 6.07) is 7.70. The number of nitrogens with two attached hydrogens (primary N) is 1. The number of rotatable bonds is 6. The van der Waals surface area contributed by atoms with Crippen LogP contribution in [0.2, 0.25) is 0 Å². The van der Waals surface area contributed by atoms with Crippen molar-refractivity contribution in [3.63, 3.8) is 0 Å². The molecule has 1 aliphatic heterocycles. The van der Waals surface area contributed by atoms with E-state index in [-0.39, 0.29) is 0 Å². The molecule has 0 bridgehead atoms. The van der Waals surface area contributed by atoms with Gasteiger partial charge in [-0.1, -0.05) is 38.2 Å². The minimum absolute atomic E-state index is 0.390. The molecule has 1 aliphatic rings. The number of ether oxygens (including phenoxy) is 1. The molecule has 2 N–H and O–H groups in total. The summed E-state index contributed by atoms with van der Waals surface area (Å²) in [4.78, 5) is 2.87. The van der Waals surface area contributed by atoms with Crippen molar-refractivity contribution in [1.82, 2.24) is 4.90 Å². The van der Waals surface area contributed by atoms with Gasteiger partial charge in [-0.05, 0) is 36.9 Å². The zero-order valence-corrected chi connectivity index (χ0v) is 13.2. The highest BCUT2D eigenvalue weighted by molar-refractivity contribution is 7.80. The molecule has 1 fully saturated rings. The van der Waals surface area contributed by atoms with Gasteiger partial charge in [-0.15, -0.1) is 0 Å².